The number of primary amides is 1. The third-order valence-corrected chi connectivity index (χ3v) is 1.63. The van der Waals surface area contributed by atoms with Crippen LogP contribution in [-0.4, -0.2) is 36.4 Å². The minimum atomic E-state index is -0.476. The van der Waals surface area contributed by atoms with Gasteiger partial charge in [0.25, 0.3) is 0 Å². The number of nitrogens with one attached hydrogen (secondary N) is 1. The zero-order chi connectivity index (χ0) is 11.0. The third-order valence-electron chi connectivity index (χ3n) is 1.63. The van der Waals surface area contributed by atoms with E-state index in [1.807, 2.05) is 6.92 Å². The molecule has 0 atom stereocenters. The Balaban J connectivity index is 3.71. The van der Waals surface area contributed by atoms with Gasteiger partial charge in [0.1, 0.15) is 0 Å². The number of hydrogen-bond donors (Lipinski definition) is 3. The molecule has 0 saturated heterocycles. The van der Waals surface area contributed by atoms with E-state index in [0.29, 0.717) is 13.1 Å². The van der Waals surface area contributed by atoms with Crippen molar-refractivity contribution in [2.75, 3.05) is 19.6 Å². The van der Waals surface area contributed by atoms with Crippen molar-refractivity contribution in [2.24, 2.45) is 11.6 Å². The molecule has 0 aliphatic carbocycles. The first-order chi connectivity index (χ1) is 6.60. The lowest BCUT2D eigenvalue weighted by atomic mass is 10.3. The Kier molecular flexibility index (Phi) is 6.63. The Hall–Kier alpha value is -1.18. The largest absolute Gasteiger partial charge is 0.369 e. The second-order valence-corrected chi connectivity index (χ2v) is 2.68. The van der Waals surface area contributed by atoms with E-state index in [0.717, 1.165) is 0 Å². The molecule has 14 heavy (non-hydrogen) atoms. The van der Waals surface area contributed by atoms with Gasteiger partial charge < -0.3 is 10.6 Å². The molecule has 0 radical (unpaired) electrons. The van der Waals surface area contributed by atoms with Crippen molar-refractivity contribution in [3.8, 4) is 0 Å². The average molecular weight is 204 g/mol. The summed E-state index contributed by atoms with van der Waals surface area (Å²) in [6.45, 7) is 3.07. The van der Waals surface area contributed by atoms with Crippen LogP contribution in [0.2, 0.25) is 0 Å². The summed E-state index contributed by atoms with van der Waals surface area (Å²) in [4.78, 5) is 27.4. The number of likely N-dealkylation sites (N-methyl/N-ethyl adjacent to an activating group) is 1. The molecular formula is C7H16N4O3. The summed E-state index contributed by atoms with van der Waals surface area (Å²) in [5, 5.41) is 0. The number of carbonyl (C=O) groups is 2. The second kappa shape index (κ2) is 7.25. The van der Waals surface area contributed by atoms with Crippen molar-refractivity contribution in [3.63, 3.8) is 0 Å². The summed E-state index contributed by atoms with van der Waals surface area (Å²) in [5.41, 5.74) is 6.80. The normalized spacial score (nSPS) is 10.2. The molecule has 0 fully saturated rings. The number of hydrazine groups is 1. The van der Waals surface area contributed by atoms with E-state index in [-0.39, 0.29) is 13.0 Å². The topological polar surface area (TPSA) is 111 Å². The highest BCUT2D eigenvalue weighted by Crippen LogP contribution is 1.92. The van der Waals surface area contributed by atoms with Crippen LogP contribution >= 0.6 is 0 Å². The molecule has 7 heteroatoms. The Morgan fingerprint density at radius 2 is 2.14 bits per heavy atom. The maximum absolute atomic E-state index is 10.8. The zero-order valence-electron chi connectivity index (χ0n) is 8.16. The summed E-state index contributed by atoms with van der Waals surface area (Å²) >= 11 is 0. The second-order valence-electron chi connectivity index (χ2n) is 2.68. The van der Waals surface area contributed by atoms with Gasteiger partial charge in [0.2, 0.25) is 5.91 Å². The minimum Gasteiger partial charge on any atom is -0.369 e. The van der Waals surface area contributed by atoms with Gasteiger partial charge in [-0.05, 0) is 6.54 Å². The van der Waals surface area contributed by atoms with Gasteiger partial charge in [-0.1, -0.05) is 12.5 Å². The maximum atomic E-state index is 10.8. The van der Waals surface area contributed by atoms with Crippen LogP contribution in [0.1, 0.15) is 13.3 Å². The highest BCUT2D eigenvalue weighted by Gasteiger charge is 2.09. The fourth-order valence-corrected chi connectivity index (χ4v) is 0.936. The van der Waals surface area contributed by atoms with Crippen molar-refractivity contribution >= 4 is 11.9 Å². The summed E-state index contributed by atoms with van der Waals surface area (Å²) in [5.74, 6) is 3.87. The molecule has 0 aromatic carbocycles. The van der Waals surface area contributed by atoms with Crippen LogP contribution in [0.15, 0.2) is 0 Å². The van der Waals surface area contributed by atoms with Crippen LogP contribution < -0.4 is 17.2 Å². The van der Waals surface area contributed by atoms with Gasteiger partial charge >= 0.3 is 5.97 Å². The fraction of sp³-hybridized carbons (Fsp3) is 0.714. The van der Waals surface area contributed by atoms with Crippen LogP contribution in [0, 0.1) is 0 Å². The molecule has 0 unspecified atom stereocenters. The van der Waals surface area contributed by atoms with Crippen LogP contribution in [0.5, 0.6) is 0 Å². The van der Waals surface area contributed by atoms with E-state index >= 15 is 0 Å². The molecule has 0 aromatic rings. The number of carbonyl (C=O) groups excluding carboxylic acids is 2. The highest BCUT2D eigenvalue weighted by atomic mass is 16.7. The average Bonchev–Trinajstić information content (AvgIpc) is 2.12. The summed E-state index contributed by atoms with van der Waals surface area (Å²) < 4.78 is 0. The van der Waals surface area contributed by atoms with Crippen molar-refractivity contribution in [2.45, 2.75) is 13.3 Å². The quantitative estimate of drug-likeness (QED) is 0.330. The molecule has 7 nitrogen and oxygen atoms in total. The van der Waals surface area contributed by atoms with Crippen molar-refractivity contribution in [1.29, 1.82) is 0 Å². The maximum Gasteiger partial charge on any atom is 0.327 e. The SMILES string of the molecule is CCN(CCC(=O)ONN)CC(N)=O. The Bertz CT molecular complexity index is 197. The summed E-state index contributed by atoms with van der Waals surface area (Å²) in [6, 6.07) is 0. The first kappa shape index (κ1) is 12.8. The van der Waals surface area contributed by atoms with Gasteiger partial charge in [-0.2, -0.15) is 0 Å². The lowest BCUT2D eigenvalue weighted by molar-refractivity contribution is -0.151. The van der Waals surface area contributed by atoms with Crippen LogP contribution in [0.4, 0.5) is 0 Å². The van der Waals surface area contributed by atoms with Gasteiger partial charge in [0, 0.05) is 6.54 Å². The molecule has 5 N–H and O–H groups in total. The molecule has 0 aromatic heterocycles. The first-order valence-corrected chi connectivity index (χ1v) is 4.26. The summed E-state index contributed by atoms with van der Waals surface area (Å²) in [7, 11) is 0. The monoisotopic (exact) mass is 204 g/mol. The predicted octanol–water partition coefficient (Wildman–Crippen LogP) is -1.89. The number of rotatable bonds is 7. The molecule has 0 aliphatic heterocycles. The smallest absolute Gasteiger partial charge is 0.327 e. The number of hydrogen-bond acceptors (Lipinski definition) is 6. The fourth-order valence-electron chi connectivity index (χ4n) is 0.936. The molecule has 1 amide bonds. The number of nitrogens with two attached hydrogens (primary N) is 2. The predicted molar refractivity (Wildman–Crippen MR) is 49.3 cm³/mol. The minimum absolute atomic E-state index is 0.139. The molecule has 0 rings (SSSR count). The van der Waals surface area contributed by atoms with Gasteiger partial charge in [0.05, 0.1) is 13.0 Å². The van der Waals surface area contributed by atoms with Crippen LogP contribution in [0.3, 0.4) is 0 Å². The molecular weight excluding hydrogens is 188 g/mol. The highest BCUT2D eigenvalue weighted by molar-refractivity contribution is 5.76. The number of amides is 1. The standard InChI is InChI=1S/C7H16N4O3/c1-2-11(5-6(8)12)4-3-7(13)14-10-9/h10H,2-5,9H2,1H3,(H2,8,12). The van der Waals surface area contributed by atoms with Crippen molar-refractivity contribution in [3.05, 3.63) is 0 Å². The van der Waals surface area contributed by atoms with Crippen molar-refractivity contribution in [1.82, 2.24) is 10.5 Å². The lowest BCUT2D eigenvalue weighted by Gasteiger charge is -2.17. The van der Waals surface area contributed by atoms with Gasteiger partial charge in [-0.3, -0.25) is 14.5 Å². The zero-order valence-corrected chi connectivity index (χ0v) is 8.16. The van der Waals surface area contributed by atoms with E-state index in [2.05, 4.69) is 4.84 Å². The summed E-state index contributed by atoms with van der Waals surface area (Å²) in [6.07, 6.45) is 0.158. The molecule has 0 heterocycles. The lowest BCUT2D eigenvalue weighted by Crippen LogP contribution is -2.36. The molecule has 0 spiro atoms. The Morgan fingerprint density at radius 1 is 1.50 bits per heavy atom. The molecule has 0 bridgehead atoms. The van der Waals surface area contributed by atoms with Gasteiger partial charge in [0.15, 0.2) is 0 Å². The number of nitrogens with zero attached hydrogens (tertiary/aromatic N) is 1. The Labute approximate surface area is 82.3 Å². The van der Waals surface area contributed by atoms with Crippen LogP contribution in [-0.2, 0) is 14.4 Å². The molecule has 82 valence electrons. The molecule has 0 saturated carbocycles. The van der Waals surface area contributed by atoms with Gasteiger partial charge in [-0.25, -0.2) is 5.84 Å². The Morgan fingerprint density at radius 3 is 2.57 bits per heavy atom. The third kappa shape index (κ3) is 6.35. The van der Waals surface area contributed by atoms with E-state index in [1.165, 1.54) is 0 Å². The van der Waals surface area contributed by atoms with E-state index in [1.54, 1.807) is 10.5 Å². The van der Waals surface area contributed by atoms with Gasteiger partial charge in [-0.15, -0.1) is 0 Å². The van der Waals surface area contributed by atoms with E-state index in [4.69, 9.17) is 11.6 Å². The van der Waals surface area contributed by atoms with E-state index < -0.39 is 11.9 Å². The van der Waals surface area contributed by atoms with Crippen LogP contribution in [0.25, 0.3) is 0 Å². The molecule has 0 aliphatic rings. The van der Waals surface area contributed by atoms with Crippen molar-refractivity contribution < 1.29 is 14.4 Å². The first-order valence-electron chi connectivity index (χ1n) is 4.26. The van der Waals surface area contributed by atoms with E-state index in [9.17, 15) is 9.59 Å².